The lowest BCUT2D eigenvalue weighted by Gasteiger charge is -2.21. The van der Waals surface area contributed by atoms with E-state index in [9.17, 15) is 4.79 Å². The average Bonchev–Trinajstić information content (AvgIpc) is 3.21. The summed E-state index contributed by atoms with van der Waals surface area (Å²) in [6.45, 7) is 4.70. The fraction of sp³-hybridized carbons (Fsp3) is 0.286. The quantitative estimate of drug-likeness (QED) is 0.586. The van der Waals surface area contributed by atoms with Crippen LogP contribution >= 0.6 is 11.3 Å². The molecule has 1 heterocycles. The van der Waals surface area contributed by atoms with E-state index in [4.69, 9.17) is 9.47 Å². The van der Waals surface area contributed by atoms with E-state index in [1.807, 2.05) is 24.3 Å². The van der Waals surface area contributed by atoms with Gasteiger partial charge < -0.3 is 9.47 Å². The summed E-state index contributed by atoms with van der Waals surface area (Å²) >= 11 is 1.40. The van der Waals surface area contributed by atoms with Crippen molar-refractivity contribution in [2.75, 3.05) is 25.7 Å². The Morgan fingerprint density at radius 2 is 1.54 bits per heavy atom. The smallest absolute Gasteiger partial charge is 0.260 e. The van der Waals surface area contributed by atoms with Gasteiger partial charge in [-0.1, -0.05) is 25.2 Å². The van der Waals surface area contributed by atoms with Crippen LogP contribution in [0.2, 0.25) is 0 Å². The highest BCUT2D eigenvalue weighted by Gasteiger charge is 2.23. The molecule has 0 bridgehead atoms. The largest absolute Gasteiger partial charge is 0.497 e. The first-order valence-electron chi connectivity index (χ1n) is 8.95. The molecule has 0 spiro atoms. The summed E-state index contributed by atoms with van der Waals surface area (Å²) in [5, 5.41) is 9.92. The highest BCUT2D eigenvalue weighted by atomic mass is 32.1. The Morgan fingerprint density at radius 3 is 2.07 bits per heavy atom. The molecule has 3 aromatic rings. The Hall–Kier alpha value is -2.93. The zero-order chi connectivity index (χ0) is 20.1. The summed E-state index contributed by atoms with van der Waals surface area (Å²) < 4.78 is 10.4. The molecule has 0 fully saturated rings. The van der Waals surface area contributed by atoms with E-state index >= 15 is 0 Å². The van der Waals surface area contributed by atoms with Gasteiger partial charge in [-0.15, -0.1) is 10.2 Å². The Bertz CT molecular complexity index is 921. The maximum absolute atomic E-state index is 13.1. The molecule has 1 aromatic heterocycles. The highest BCUT2D eigenvalue weighted by molar-refractivity contribution is 7.18. The van der Waals surface area contributed by atoms with Gasteiger partial charge in [0.15, 0.2) is 0 Å². The molecule has 7 heteroatoms. The number of ether oxygens (including phenoxy) is 2. The normalized spacial score (nSPS) is 10.8. The van der Waals surface area contributed by atoms with E-state index in [1.165, 1.54) is 11.3 Å². The van der Waals surface area contributed by atoms with Crippen LogP contribution in [0.1, 0.15) is 24.2 Å². The van der Waals surface area contributed by atoms with Gasteiger partial charge in [0.1, 0.15) is 16.5 Å². The molecule has 0 saturated carbocycles. The zero-order valence-electron chi connectivity index (χ0n) is 16.4. The number of aromatic nitrogens is 2. The second kappa shape index (κ2) is 8.84. The molecule has 0 unspecified atom stereocenters. The lowest BCUT2D eigenvalue weighted by atomic mass is 10.1. The SMILES string of the molecule is COc1ccc(C(=O)N(CC(C)C)c2nnc(-c3ccc(OC)cc3)s2)cc1. The van der Waals surface area contributed by atoms with Crippen molar-refractivity contribution in [3.05, 3.63) is 54.1 Å². The van der Waals surface area contributed by atoms with Crippen molar-refractivity contribution in [2.45, 2.75) is 13.8 Å². The van der Waals surface area contributed by atoms with Crippen LogP contribution in [0.15, 0.2) is 48.5 Å². The third kappa shape index (κ3) is 4.48. The second-order valence-electron chi connectivity index (χ2n) is 6.66. The van der Waals surface area contributed by atoms with Crippen molar-refractivity contribution in [1.82, 2.24) is 10.2 Å². The summed E-state index contributed by atoms with van der Waals surface area (Å²) in [5.74, 6) is 1.68. The average molecular weight is 398 g/mol. The van der Waals surface area contributed by atoms with Crippen LogP contribution in [0.4, 0.5) is 5.13 Å². The molecule has 6 nitrogen and oxygen atoms in total. The van der Waals surface area contributed by atoms with Crippen LogP contribution in [-0.2, 0) is 0 Å². The minimum atomic E-state index is -0.103. The number of amides is 1. The van der Waals surface area contributed by atoms with Crippen molar-refractivity contribution in [1.29, 1.82) is 0 Å². The first-order valence-corrected chi connectivity index (χ1v) is 9.77. The van der Waals surface area contributed by atoms with Crippen LogP contribution in [0.5, 0.6) is 11.5 Å². The first-order chi connectivity index (χ1) is 13.5. The lowest BCUT2D eigenvalue weighted by molar-refractivity contribution is 0.0983. The lowest BCUT2D eigenvalue weighted by Crippen LogP contribution is -2.34. The van der Waals surface area contributed by atoms with Gasteiger partial charge in [0.05, 0.1) is 14.2 Å². The van der Waals surface area contributed by atoms with Gasteiger partial charge in [-0.3, -0.25) is 9.69 Å². The van der Waals surface area contributed by atoms with E-state index in [2.05, 4.69) is 24.0 Å². The van der Waals surface area contributed by atoms with Gasteiger partial charge in [0.2, 0.25) is 5.13 Å². The van der Waals surface area contributed by atoms with Crippen molar-refractivity contribution in [3.8, 4) is 22.1 Å². The van der Waals surface area contributed by atoms with Gasteiger partial charge in [0.25, 0.3) is 5.91 Å². The van der Waals surface area contributed by atoms with Crippen molar-refractivity contribution < 1.29 is 14.3 Å². The third-order valence-corrected chi connectivity index (χ3v) is 5.11. The number of methoxy groups -OCH3 is 2. The number of hydrogen-bond acceptors (Lipinski definition) is 6. The number of carbonyl (C=O) groups excluding carboxylic acids is 1. The van der Waals surface area contributed by atoms with Crippen LogP contribution < -0.4 is 14.4 Å². The first kappa shape index (κ1) is 19.8. The van der Waals surface area contributed by atoms with Crippen LogP contribution in [0.3, 0.4) is 0 Å². The Balaban J connectivity index is 1.88. The molecule has 0 atom stereocenters. The minimum Gasteiger partial charge on any atom is -0.497 e. The zero-order valence-corrected chi connectivity index (χ0v) is 17.2. The van der Waals surface area contributed by atoms with Gasteiger partial charge >= 0.3 is 0 Å². The topological polar surface area (TPSA) is 64.5 Å². The number of rotatable bonds is 7. The molecule has 0 saturated heterocycles. The molecular formula is C21H23N3O3S. The maximum Gasteiger partial charge on any atom is 0.260 e. The summed E-state index contributed by atoms with van der Waals surface area (Å²) in [4.78, 5) is 14.8. The standard InChI is InChI=1S/C21H23N3O3S/c1-14(2)13-24(20(25)16-7-11-18(27-4)12-8-16)21-23-22-19(28-21)15-5-9-17(26-3)10-6-15/h5-12,14H,13H2,1-4H3. The number of hydrogen-bond donors (Lipinski definition) is 0. The monoisotopic (exact) mass is 397 g/mol. The van der Waals surface area contributed by atoms with E-state index in [0.29, 0.717) is 23.0 Å². The van der Waals surface area contributed by atoms with Gasteiger partial charge in [-0.2, -0.15) is 0 Å². The molecule has 0 aliphatic carbocycles. The van der Waals surface area contributed by atoms with E-state index in [-0.39, 0.29) is 11.8 Å². The summed E-state index contributed by atoms with van der Waals surface area (Å²) in [5.41, 5.74) is 1.52. The number of carbonyl (C=O) groups is 1. The molecule has 0 radical (unpaired) electrons. The van der Waals surface area contributed by atoms with E-state index in [1.54, 1.807) is 43.4 Å². The molecule has 146 valence electrons. The Kier molecular flexibility index (Phi) is 6.26. The van der Waals surface area contributed by atoms with E-state index in [0.717, 1.165) is 16.3 Å². The molecule has 0 aliphatic heterocycles. The van der Waals surface area contributed by atoms with Crippen LogP contribution in [0.25, 0.3) is 10.6 Å². The number of nitrogens with zero attached hydrogens (tertiary/aromatic N) is 3. The number of anilines is 1. The number of benzene rings is 2. The van der Waals surface area contributed by atoms with Crippen molar-refractivity contribution >= 4 is 22.4 Å². The molecule has 28 heavy (non-hydrogen) atoms. The fourth-order valence-corrected chi connectivity index (χ4v) is 3.54. The molecule has 0 aliphatic rings. The molecule has 1 amide bonds. The summed E-state index contributed by atoms with van der Waals surface area (Å²) in [6, 6.07) is 14.7. The molecule has 0 N–H and O–H groups in total. The van der Waals surface area contributed by atoms with Crippen LogP contribution in [-0.4, -0.2) is 36.9 Å². The van der Waals surface area contributed by atoms with Crippen molar-refractivity contribution in [3.63, 3.8) is 0 Å². The molecular weight excluding hydrogens is 374 g/mol. The minimum absolute atomic E-state index is 0.103. The van der Waals surface area contributed by atoms with Gasteiger partial charge in [-0.05, 0) is 54.4 Å². The maximum atomic E-state index is 13.1. The third-order valence-electron chi connectivity index (χ3n) is 4.11. The second-order valence-corrected chi connectivity index (χ2v) is 7.61. The fourth-order valence-electron chi connectivity index (χ4n) is 2.68. The Labute approximate surface area is 168 Å². The predicted molar refractivity (Wildman–Crippen MR) is 111 cm³/mol. The van der Waals surface area contributed by atoms with Gasteiger partial charge in [0, 0.05) is 17.7 Å². The van der Waals surface area contributed by atoms with E-state index < -0.39 is 0 Å². The molecule has 2 aromatic carbocycles. The highest BCUT2D eigenvalue weighted by Crippen LogP contribution is 2.31. The Morgan fingerprint density at radius 1 is 0.964 bits per heavy atom. The van der Waals surface area contributed by atoms with Crippen LogP contribution in [0, 0.1) is 5.92 Å². The summed E-state index contributed by atoms with van der Waals surface area (Å²) in [6.07, 6.45) is 0. The van der Waals surface area contributed by atoms with Crippen molar-refractivity contribution in [2.24, 2.45) is 5.92 Å². The molecule has 3 rings (SSSR count). The predicted octanol–water partition coefficient (Wildman–Crippen LogP) is 4.53. The van der Waals surface area contributed by atoms with Gasteiger partial charge in [-0.25, -0.2) is 0 Å². The summed E-state index contributed by atoms with van der Waals surface area (Å²) in [7, 11) is 3.23.